The zero-order chi connectivity index (χ0) is 15.6. The average molecular weight is 313 g/mol. The lowest BCUT2D eigenvalue weighted by molar-refractivity contribution is -0.125. The Kier molecular flexibility index (Phi) is 4.62. The molecule has 0 spiro atoms. The number of ether oxygens (including phenoxy) is 1. The van der Waals surface area contributed by atoms with Gasteiger partial charge in [-0.3, -0.25) is 4.79 Å². The molecule has 0 radical (unpaired) electrons. The summed E-state index contributed by atoms with van der Waals surface area (Å²) >= 11 is 0. The number of primary amides is 1. The Bertz CT molecular complexity index is 630. The summed E-state index contributed by atoms with van der Waals surface area (Å²) in [4.78, 5) is 11.5. The van der Waals surface area contributed by atoms with Crippen LogP contribution in [0.5, 0.6) is 0 Å². The van der Waals surface area contributed by atoms with E-state index in [1.54, 1.807) is 19.1 Å². The number of hydrogen-bond donors (Lipinski definition) is 2. The highest BCUT2D eigenvalue weighted by molar-refractivity contribution is 7.89. The predicted molar refractivity (Wildman–Crippen MR) is 76.7 cm³/mol. The van der Waals surface area contributed by atoms with Crippen LogP contribution in [0.1, 0.15) is 18.5 Å². The number of morpholine rings is 1. The van der Waals surface area contributed by atoms with Crippen molar-refractivity contribution in [3.05, 3.63) is 29.8 Å². The summed E-state index contributed by atoms with van der Waals surface area (Å²) in [5, 5.41) is 0. The monoisotopic (exact) mass is 313 g/mol. The number of carbonyl (C=O) groups excluding carboxylic acids is 1. The van der Waals surface area contributed by atoms with Gasteiger partial charge in [-0.15, -0.1) is 0 Å². The summed E-state index contributed by atoms with van der Waals surface area (Å²) in [5.74, 6) is -0.721. The number of amides is 1. The van der Waals surface area contributed by atoms with Crippen molar-refractivity contribution < 1.29 is 17.9 Å². The molecule has 0 aromatic heterocycles. The zero-order valence-electron chi connectivity index (χ0n) is 11.7. The Morgan fingerprint density at radius 1 is 1.48 bits per heavy atom. The Hall–Kier alpha value is -1.48. The van der Waals surface area contributed by atoms with Crippen molar-refractivity contribution >= 4 is 15.9 Å². The van der Waals surface area contributed by atoms with Gasteiger partial charge in [0.1, 0.15) is 6.04 Å². The molecule has 1 fully saturated rings. The molecule has 4 N–H and O–H groups in total. The molecule has 116 valence electrons. The molecule has 0 aliphatic carbocycles. The first-order valence-electron chi connectivity index (χ1n) is 6.58. The van der Waals surface area contributed by atoms with Crippen LogP contribution in [-0.2, 0) is 19.6 Å². The van der Waals surface area contributed by atoms with Crippen molar-refractivity contribution in [3.8, 4) is 0 Å². The van der Waals surface area contributed by atoms with Gasteiger partial charge in [-0.1, -0.05) is 12.1 Å². The molecule has 2 atom stereocenters. The molecule has 21 heavy (non-hydrogen) atoms. The van der Waals surface area contributed by atoms with Crippen molar-refractivity contribution in [1.29, 1.82) is 0 Å². The van der Waals surface area contributed by atoms with Gasteiger partial charge in [0.2, 0.25) is 15.9 Å². The molecule has 0 bridgehead atoms. The van der Waals surface area contributed by atoms with Crippen molar-refractivity contribution in [2.45, 2.75) is 23.9 Å². The molecule has 2 rings (SSSR count). The first kappa shape index (κ1) is 15.9. The van der Waals surface area contributed by atoms with Crippen LogP contribution in [0.2, 0.25) is 0 Å². The highest BCUT2D eigenvalue weighted by atomic mass is 32.2. The molecule has 1 aromatic rings. The third kappa shape index (κ3) is 3.24. The minimum atomic E-state index is -3.82. The smallest absolute Gasteiger partial charge is 0.243 e. The second-order valence-electron chi connectivity index (χ2n) is 4.97. The largest absolute Gasteiger partial charge is 0.378 e. The molecule has 2 unspecified atom stereocenters. The van der Waals surface area contributed by atoms with Gasteiger partial charge < -0.3 is 16.2 Å². The van der Waals surface area contributed by atoms with Crippen LogP contribution in [0.15, 0.2) is 29.2 Å². The number of rotatable bonds is 4. The van der Waals surface area contributed by atoms with Gasteiger partial charge in [0, 0.05) is 12.6 Å². The molecule has 1 aliphatic rings. The molecule has 1 heterocycles. The molecule has 1 aromatic carbocycles. The van der Waals surface area contributed by atoms with E-state index < -0.39 is 22.0 Å². The first-order chi connectivity index (χ1) is 9.84. The van der Waals surface area contributed by atoms with E-state index in [2.05, 4.69) is 0 Å². The summed E-state index contributed by atoms with van der Waals surface area (Å²) in [6, 6.07) is 5.13. The minimum Gasteiger partial charge on any atom is -0.378 e. The van der Waals surface area contributed by atoms with Crippen LogP contribution in [0.3, 0.4) is 0 Å². The van der Waals surface area contributed by atoms with Crippen LogP contribution < -0.4 is 11.5 Å². The van der Waals surface area contributed by atoms with Crippen LogP contribution in [0, 0.1) is 0 Å². The minimum absolute atomic E-state index is 0.0262. The summed E-state index contributed by atoms with van der Waals surface area (Å²) in [7, 11) is -3.82. The van der Waals surface area contributed by atoms with Gasteiger partial charge in [-0.05, 0) is 24.6 Å². The quantitative estimate of drug-likeness (QED) is 0.783. The molecular weight excluding hydrogens is 294 g/mol. The maximum absolute atomic E-state index is 12.7. The van der Waals surface area contributed by atoms with Crippen molar-refractivity contribution in [1.82, 2.24) is 4.31 Å². The fourth-order valence-electron chi connectivity index (χ4n) is 2.19. The lowest BCUT2D eigenvalue weighted by Gasteiger charge is -2.32. The third-order valence-corrected chi connectivity index (χ3v) is 5.30. The Morgan fingerprint density at radius 2 is 2.19 bits per heavy atom. The molecule has 0 saturated carbocycles. The van der Waals surface area contributed by atoms with E-state index in [1.165, 1.54) is 12.1 Å². The SMILES string of the molecule is CC(N)c1cccc(S(=O)(=O)N2CCOCC2C(N)=O)c1. The number of nitrogens with two attached hydrogens (primary N) is 2. The predicted octanol–water partition coefficient (Wildman–Crippen LogP) is -0.419. The Morgan fingerprint density at radius 3 is 2.81 bits per heavy atom. The van der Waals surface area contributed by atoms with E-state index in [-0.39, 0.29) is 30.7 Å². The van der Waals surface area contributed by atoms with Gasteiger partial charge in [0.05, 0.1) is 18.1 Å². The zero-order valence-corrected chi connectivity index (χ0v) is 12.5. The summed E-state index contributed by atoms with van der Waals surface area (Å²) < 4.78 is 31.6. The van der Waals surface area contributed by atoms with Crippen LogP contribution in [0.25, 0.3) is 0 Å². The van der Waals surface area contributed by atoms with Gasteiger partial charge in [0.25, 0.3) is 0 Å². The number of carbonyl (C=O) groups is 1. The number of benzene rings is 1. The molecule has 1 aliphatic heterocycles. The Balaban J connectivity index is 2.40. The maximum atomic E-state index is 12.7. The van der Waals surface area contributed by atoms with Gasteiger partial charge in [-0.2, -0.15) is 4.31 Å². The average Bonchev–Trinajstić information content (AvgIpc) is 2.47. The van der Waals surface area contributed by atoms with Crippen LogP contribution >= 0.6 is 0 Å². The van der Waals surface area contributed by atoms with Crippen molar-refractivity contribution in [2.75, 3.05) is 19.8 Å². The van der Waals surface area contributed by atoms with E-state index in [1.807, 2.05) is 0 Å². The summed E-state index contributed by atoms with van der Waals surface area (Å²) in [5.41, 5.74) is 11.8. The molecule has 8 heteroatoms. The van der Waals surface area contributed by atoms with Gasteiger partial charge in [-0.25, -0.2) is 8.42 Å². The highest BCUT2D eigenvalue weighted by Crippen LogP contribution is 2.23. The summed E-state index contributed by atoms with van der Waals surface area (Å²) in [6.07, 6.45) is 0. The maximum Gasteiger partial charge on any atom is 0.243 e. The molecule has 7 nitrogen and oxygen atoms in total. The second-order valence-corrected chi connectivity index (χ2v) is 6.86. The van der Waals surface area contributed by atoms with Crippen molar-refractivity contribution in [2.24, 2.45) is 11.5 Å². The number of nitrogens with zero attached hydrogens (tertiary/aromatic N) is 1. The van der Waals surface area contributed by atoms with E-state index in [4.69, 9.17) is 16.2 Å². The summed E-state index contributed by atoms with van der Waals surface area (Å²) in [6.45, 7) is 2.07. The normalized spacial score (nSPS) is 21.9. The Labute approximate surface area is 123 Å². The molecular formula is C13H19N3O4S. The van der Waals surface area contributed by atoms with E-state index >= 15 is 0 Å². The molecule has 1 amide bonds. The van der Waals surface area contributed by atoms with Crippen LogP contribution in [-0.4, -0.2) is 44.4 Å². The van der Waals surface area contributed by atoms with E-state index in [0.29, 0.717) is 5.56 Å². The van der Waals surface area contributed by atoms with Crippen LogP contribution in [0.4, 0.5) is 0 Å². The fourth-order valence-corrected chi connectivity index (χ4v) is 3.81. The third-order valence-electron chi connectivity index (χ3n) is 3.40. The first-order valence-corrected chi connectivity index (χ1v) is 8.02. The van der Waals surface area contributed by atoms with Gasteiger partial charge >= 0.3 is 0 Å². The number of hydrogen-bond acceptors (Lipinski definition) is 5. The van der Waals surface area contributed by atoms with Crippen molar-refractivity contribution in [3.63, 3.8) is 0 Å². The fraction of sp³-hybridized carbons (Fsp3) is 0.462. The van der Waals surface area contributed by atoms with E-state index in [0.717, 1.165) is 4.31 Å². The van der Waals surface area contributed by atoms with E-state index in [9.17, 15) is 13.2 Å². The lowest BCUT2D eigenvalue weighted by Crippen LogP contribution is -2.54. The second kappa shape index (κ2) is 6.10. The molecule has 1 saturated heterocycles. The van der Waals surface area contributed by atoms with Gasteiger partial charge in [0.15, 0.2) is 0 Å². The number of sulfonamides is 1. The topological polar surface area (TPSA) is 116 Å². The highest BCUT2D eigenvalue weighted by Gasteiger charge is 2.37. The standard InChI is InChI=1S/C13H19N3O4S/c1-9(14)10-3-2-4-11(7-10)21(18,19)16-5-6-20-8-12(16)13(15)17/h2-4,7,9,12H,5-6,8,14H2,1H3,(H2,15,17). The lowest BCUT2D eigenvalue weighted by atomic mass is 10.1.